The minimum Gasteiger partial charge on any atom is -0.357 e. The maximum absolute atomic E-state index is 4.35. The summed E-state index contributed by atoms with van der Waals surface area (Å²) in [6, 6.07) is 0. The van der Waals surface area contributed by atoms with Crippen LogP contribution in [-0.2, 0) is 6.54 Å². The van der Waals surface area contributed by atoms with E-state index >= 15 is 0 Å². The molecule has 0 radical (unpaired) electrons. The first-order chi connectivity index (χ1) is 7.65. The standard InChI is InChI=1S/C11H15N3S2/c1-7(2)10-6-14-11(16-10)13-5-9-4-12-8(3)15-9/h4,6-7H,5H2,1-3H3,(H,13,14). The molecule has 0 amide bonds. The maximum Gasteiger partial charge on any atom is 0.183 e. The van der Waals surface area contributed by atoms with Crippen LogP contribution in [0.5, 0.6) is 0 Å². The topological polar surface area (TPSA) is 37.8 Å². The quantitative estimate of drug-likeness (QED) is 0.904. The Morgan fingerprint density at radius 2 is 2.06 bits per heavy atom. The van der Waals surface area contributed by atoms with Gasteiger partial charge in [0, 0.05) is 22.1 Å². The highest BCUT2D eigenvalue weighted by molar-refractivity contribution is 7.15. The zero-order valence-corrected chi connectivity index (χ0v) is 11.3. The lowest BCUT2D eigenvalue weighted by Crippen LogP contribution is -1.95. The van der Waals surface area contributed by atoms with Crippen LogP contribution in [-0.4, -0.2) is 9.97 Å². The van der Waals surface area contributed by atoms with Gasteiger partial charge in [-0.3, -0.25) is 0 Å². The Kier molecular flexibility index (Phi) is 3.56. The minimum absolute atomic E-state index is 0.554. The number of aromatic nitrogens is 2. The first-order valence-electron chi connectivity index (χ1n) is 5.26. The maximum atomic E-state index is 4.35. The normalized spacial score (nSPS) is 11.0. The Morgan fingerprint density at radius 1 is 1.25 bits per heavy atom. The van der Waals surface area contributed by atoms with Gasteiger partial charge in [-0.25, -0.2) is 9.97 Å². The van der Waals surface area contributed by atoms with Gasteiger partial charge in [-0.05, 0) is 12.8 Å². The summed E-state index contributed by atoms with van der Waals surface area (Å²) >= 11 is 3.45. The zero-order valence-electron chi connectivity index (χ0n) is 9.65. The molecule has 1 N–H and O–H groups in total. The first kappa shape index (κ1) is 11.5. The van der Waals surface area contributed by atoms with Crippen LogP contribution in [0.2, 0.25) is 0 Å². The predicted octanol–water partition coefficient (Wildman–Crippen LogP) is 3.64. The highest BCUT2D eigenvalue weighted by Gasteiger charge is 2.05. The number of nitrogens with one attached hydrogen (secondary N) is 1. The molecule has 3 nitrogen and oxygen atoms in total. The molecular formula is C11H15N3S2. The van der Waals surface area contributed by atoms with Gasteiger partial charge in [0.1, 0.15) is 0 Å². The highest BCUT2D eigenvalue weighted by atomic mass is 32.1. The van der Waals surface area contributed by atoms with Crippen molar-refractivity contribution in [1.29, 1.82) is 0 Å². The minimum atomic E-state index is 0.554. The average Bonchev–Trinajstić information content (AvgIpc) is 2.83. The van der Waals surface area contributed by atoms with E-state index in [0.717, 1.165) is 16.7 Å². The zero-order chi connectivity index (χ0) is 11.5. The molecule has 0 atom stereocenters. The summed E-state index contributed by atoms with van der Waals surface area (Å²) in [6.45, 7) is 7.21. The second kappa shape index (κ2) is 4.93. The van der Waals surface area contributed by atoms with Crippen LogP contribution in [0.3, 0.4) is 0 Å². The number of hydrogen-bond donors (Lipinski definition) is 1. The van der Waals surface area contributed by atoms with Crippen LogP contribution >= 0.6 is 22.7 Å². The Balaban J connectivity index is 1.94. The van der Waals surface area contributed by atoms with Crippen LogP contribution in [0.25, 0.3) is 0 Å². The van der Waals surface area contributed by atoms with E-state index in [9.17, 15) is 0 Å². The second-order valence-electron chi connectivity index (χ2n) is 3.92. The van der Waals surface area contributed by atoms with Crippen molar-refractivity contribution in [3.8, 4) is 0 Å². The van der Waals surface area contributed by atoms with Crippen molar-refractivity contribution in [2.45, 2.75) is 33.2 Å². The van der Waals surface area contributed by atoms with E-state index < -0.39 is 0 Å². The third-order valence-electron chi connectivity index (χ3n) is 2.18. The molecule has 2 rings (SSSR count). The molecule has 86 valence electrons. The number of hydrogen-bond acceptors (Lipinski definition) is 5. The lowest BCUT2D eigenvalue weighted by atomic mass is 10.2. The van der Waals surface area contributed by atoms with Crippen molar-refractivity contribution in [1.82, 2.24) is 9.97 Å². The fourth-order valence-electron chi connectivity index (χ4n) is 1.29. The summed E-state index contributed by atoms with van der Waals surface area (Å²) in [5.74, 6) is 0.554. The number of rotatable bonds is 4. The van der Waals surface area contributed by atoms with Crippen LogP contribution in [0, 0.1) is 6.92 Å². The molecule has 0 aromatic carbocycles. The molecule has 16 heavy (non-hydrogen) atoms. The number of nitrogens with zero attached hydrogens (tertiary/aromatic N) is 2. The molecule has 0 saturated carbocycles. The van der Waals surface area contributed by atoms with E-state index in [0.29, 0.717) is 5.92 Å². The smallest absolute Gasteiger partial charge is 0.183 e. The summed E-state index contributed by atoms with van der Waals surface area (Å²) in [5.41, 5.74) is 0. The van der Waals surface area contributed by atoms with E-state index in [1.165, 1.54) is 9.75 Å². The lowest BCUT2D eigenvalue weighted by Gasteiger charge is -1.99. The fraction of sp³-hybridized carbons (Fsp3) is 0.455. The molecule has 2 aromatic heterocycles. The second-order valence-corrected chi connectivity index (χ2v) is 6.30. The monoisotopic (exact) mass is 253 g/mol. The number of thiazole rings is 2. The van der Waals surface area contributed by atoms with Crippen molar-refractivity contribution in [3.05, 3.63) is 27.2 Å². The first-order valence-corrected chi connectivity index (χ1v) is 6.89. The predicted molar refractivity (Wildman–Crippen MR) is 70.4 cm³/mol. The van der Waals surface area contributed by atoms with Gasteiger partial charge in [-0.2, -0.15) is 0 Å². The van der Waals surface area contributed by atoms with E-state index in [-0.39, 0.29) is 0 Å². The molecule has 0 aliphatic carbocycles. The van der Waals surface area contributed by atoms with Gasteiger partial charge in [0.25, 0.3) is 0 Å². The Bertz CT molecular complexity index is 459. The Hall–Kier alpha value is -0.940. The van der Waals surface area contributed by atoms with Gasteiger partial charge in [0.2, 0.25) is 0 Å². The van der Waals surface area contributed by atoms with E-state index in [1.54, 1.807) is 22.7 Å². The molecule has 0 fully saturated rings. The van der Waals surface area contributed by atoms with Crippen LogP contribution in [0.15, 0.2) is 12.4 Å². The van der Waals surface area contributed by atoms with Gasteiger partial charge < -0.3 is 5.32 Å². The van der Waals surface area contributed by atoms with Crippen LogP contribution in [0.1, 0.15) is 34.5 Å². The molecular weight excluding hydrogens is 238 g/mol. The number of anilines is 1. The summed E-state index contributed by atoms with van der Waals surface area (Å²) in [5, 5.41) is 5.43. The van der Waals surface area contributed by atoms with Crippen molar-refractivity contribution >= 4 is 27.8 Å². The lowest BCUT2D eigenvalue weighted by molar-refractivity contribution is 0.885. The third-order valence-corrected chi connectivity index (χ3v) is 4.34. The molecule has 0 saturated heterocycles. The summed E-state index contributed by atoms with van der Waals surface area (Å²) in [4.78, 5) is 11.1. The molecule has 2 aromatic rings. The van der Waals surface area contributed by atoms with E-state index in [2.05, 4.69) is 29.1 Å². The van der Waals surface area contributed by atoms with Crippen LogP contribution < -0.4 is 5.32 Å². The molecule has 2 heterocycles. The summed E-state index contributed by atoms with van der Waals surface area (Å²) in [6.07, 6.45) is 3.87. The molecule has 0 unspecified atom stereocenters. The van der Waals surface area contributed by atoms with Gasteiger partial charge >= 0.3 is 0 Å². The molecule has 0 bridgehead atoms. The highest BCUT2D eigenvalue weighted by Crippen LogP contribution is 2.25. The third kappa shape index (κ3) is 2.80. The van der Waals surface area contributed by atoms with Gasteiger partial charge in [-0.15, -0.1) is 22.7 Å². The van der Waals surface area contributed by atoms with Crippen molar-refractivity contribution in [2.75, 3.05) is 5.32 Å². The molecule has 0 aliphatic rings. The van der Waals surface area contributed by atoms with Crippen molar-refractivity contribution in [3.63, 3.8) is 0 Å². The summed E-state index contributed by atoms with van der Waals surface area (Å²) in [7, 11) is 0. The summed E-state index contributed by atoms with van der Waals surface area (Å²) < 4.78 is 0. The van der Waals surface area contributed by atoms with Gasteiger partial charge in [0.15, 0.2) is 5.13 Å². The average molecular weight is 253 g/mol. The molecule has 0 aliphatic heterocycles. The van der Waals surface area contributed by atoms with Gasteiger partial charge in [-0.1, -0.05) is 13.8 Å². The number of aryl methyl sites for hydroxylation is 1. The SMILES string of the molecule is Cc1ncc(CNc2ncc(C(C)C)s2)s1. The van der Waals surface area contributed by atoms with E-state index in [1.807, 2.05) is 19.3 Å². The Labute approximate surface area is 104 Å². The fourth-order valence-corrected chi connectivity index (χ4v) is 2.83. The van der Waals surface area contributed by atoms with Crippen molar-refractivity contribution < 1.29 is 0 Å². The molecule has 5 heteroatoms. The Morgan fingerprint density at radius 3 is 2.62 bits per heavy atom. The largest absolute Gasteiger partial charge is 0.357 e. The molecule has 0 spiro atoms. The van der Waals surface area contributed by atoms with Crippen LogP contribution in [0.4, 0.5) is 5.13 Å². The van der Waals surface area contributed by atoms with Crippen molar-refractivity contribution in [2.24, 2.45) is 0 Å². The van der Waals surface area contributed by atoms with Gasteiger partial charge in [0.05, 0.1) is 11.6 Å². The van der Waals surface area contributed by atoms with E-state index in [4.69, 9.17) is 0 Å².